The Balaban J connectivity index is 2.22. The van der Waals surface area contributed by atoms with Crippen molar-refractivity contribution in [1.29, 1.82) is 0 Å². The minimum atomic E-state index is -0.615. The molecular formula is C17H19BrO2. The monoisotopic (exact) mass is 334 g/mol. The summed E-state index contributed by atoms with van der Waals surface area (Å²) in [5, 5.41) is 10.5. The summed E-state index contributed by atoms with van der Waals surface area (Å²) in [6, 6.07) is 13.5. The average Bonchev–Trinajstić information content (AvgIpc) is 2.38. The van der Waals surface area contributed by atoms with E-state index in [0.717, 1.165) is 26.9 Å². The fourth-order valence-corrected chi connectivity index (χ4v) is 2.60. The molecule has 2 rings (SSSR count). The Bertz CT molecular complexity index is 576. The van der Waals surface area contributed by atoms with Crippen LogP contribution >= 0.6 is 15.9 Å². The maximum Gasteiger partial charge on any atom is 0.119 e. The second-order valence-corrected chi connectivity index (χ2v) is 6.05. The Hall–Kier alpha value is -1.32. The Morgan fingerprint density at radius 2 is 1.70 bits per heavy atom. The number of aliphatic hydroxyl groups excluding tert-OH is 1. The number of aryl methyl sites for hydroxylation is 1. The first-order chi connectivity index (χ1) is 9.47. The van der Waals surface area contributed by atoms with Gasteiger partial charge in [0, 0.05) is 4.47 Å². The van der Waals surface area contributed by atoms with Crippen LogP contribution in [0.25, 0.3) is 0 Å². The Morgan fingerprint density at radius 1 is 1.05 bits per heavy atom. The van der Waals surface area contributed by atoms with Gasteiger partial charge in [0.15, 0.2) is 0 Å². The molecule has 3 heteroatoms. The second kappa shape index (κ2) is 6.42. The summed E-state index contributed by atoms with van der Waals surface area (Å²) >= 11 is 3.44. The van der Waals surface area contributed by atoms with Gasteiger partial charge in [-0.25, -0.2) is 0 Å². The molecule has 106 valence electrons. The lowest BCUT2D eigenvalue weighted by Crippen LogP contribution is -2.06. The van der Waals surface area contributed by atoms with E-state index in [1.165, 1.54) is 0 Å². The van der Waals surface area contributed by atoms with Gasteiger partial charge in [0.2, 0.25) is 0 Å². The minimum Gasteiger partial charge on any atom is -0.491 e. The summed E-state index contributed by atoms with van der Waals surface area (Å²) in [6.07, 6.45) is -0.462. The molecule has 1 atom stereocenters. The van der Waals surface area contributed by atoms with Crippen molar-refractivity contribution in [2.75, 3.05) is 0 Å². The maximum absolute atomic E-state index is 10.5. The third-order valence-corrected chi connectivity index (χ3v) is 3.59. The summed E-state index contributed by atoms with van der Waals surface area (Å²) < 4.78 is 6.63. The van der Waals surface area contributed by atoms with Gasteiger partial charge in [0.1, 0.15) is 11.9 Å². The zero-order chi connectivity index (χ0) is 14.7. The van der Waals surface area contributed by atoms with Crippen molar-refractivity contribution in [2.45, 2.75) is 33.0 Å². The highest BCUT2D eigenvalue weighted by Gasteiger charge is 2.13. The molecule has 0 radical (unpaired) electrons. The van der Waals surface area contributed by atoms with Crippen molar-refractivity contribution >= 4 is 15.9 Å². The van der Waals surface area contributed by atoms with Crippen molar-refractivity contribution in [3.8, 4) is 5.75 Å². The maximum atomic E-state index is 10.5. The van der Waals surface area contributed by atoms with Crippen LogP contribution in [0.3, 0.4) is 0 Å². The zero-order valence-corrected chi connectivity index (χ0v) is 13.5. The average molecular weight is 335 g/mol. The number of halogens is 1. The van der Waals surface area contributed by atoms with Crippen LogP contribution < -0.4 is 4.74 Å². The molecule has 0 spiro atoms. The molecule has 0 saturated carbocycles. The topological polar surface area (TPSA) is 29.5 Å². The van der Waals surface area contributed by atoms with Gasteiger partial charge in [0.05, 0.1) is 6.10 Å². The summed E-state index contributed by atoms with van der Waals surface area (Å²) in [7, 11) is 0. The molecule has 2 aromatic rings. The molecule has 0 heterocycles. The third-order valence-electron chi connectivity index (χ3n) is 3.09. The van der Waals surface area contributed by atoms with E-state index in [4.69, 9.17) is 4.74 Å². The van der Waals surface area contributed by atoms with Gasteiger partial charge in [-0.2, -0.15) is 0 Å². The second-order valence-electron chi connectivity index (χ2n) is 5.14. The zero-order valence-electron chi connectivity index (χ0n) is 11.9. The molecule has 2 nitrogen and oxygen atoms in total. The van der Waals surface area contributed by atoms with Gasteiger partial charge < -0.3 is 9.84 Å². The first-order valence-electron chi connectivity index (χ1n) is 6.68. The fraction of sp³-hybridized carbons (Fsp3) is 0.294. The van der Waals surface area contributed by atoms with Crippen LogP contribution in [-0.4, -0.2) is 11.2 Å². The van der Waals surface area contributed by atoms with Crippen molar-refractivity contribution in [3.63, 3.8) is 0 Å². The molecule has 1 unspecified atom stereocenters. The lowest BCUT2D eigenvalue weighted by atomic mass is 9.97. The Labute approximate surface area is 128 Å². The highest BCUT2D eigenvalue weighted by molar-refractivity contribution is 9.10. The standard InChI is InChI=1S/C17H19BrO2/c1-11(2)20-15-7-4-13(5-8-15)17(19)16-9-6-14(18)10-12(16)3/h4-11,17,19H,1-3H3. The predicted octanol–water partition coefficient (Wildman–Crippen LogP) is 4.63. The molecule has 0 aromatic heterocycles. The Morgan fingerprint density at radius 3 is 2.25 bits per heavy atom. The van der Waals surface area contributed by atoms with Crippen molar-refractivity contribution in [2.24, 2.45) is 0 Å². The first-order valence-corrected chi connectivity index (χ1v) is 7.47. The van der Waals surface area contributed by atoms with E-state index in [1.54, 1.807) is 0 Å². The van der Waals surface area contributed by atoms with E-state index in [9.17, 15) is 5.11 Å². The fourth-order valence-electron chi connectivity index (χ4n) is 2.13. The van der Waals surface area contributed by atoms with Gasteiger partial charge in [-0.05, 0) is 61.7 Å². The number of aliphatic hydroxyl groups is 1. The molecule has 0 aliphatic rings. The molecule has 0 bridgehead atoms. The summed E-state index contributed by atoms with van der Waals surface area (Å²) in [5.41, 5.74) is 2.85. The van der Waals surface area contributed by atoms with Gasteiger partial charge in [-0.3, -0.25) is 0 Å². The normalized spacial score (nSPS) is 12.5. The van der Waals surface area contributed by atoms with Gasteiger partial charge >= 0.3 is 0 Å². The molecule has 20 heavy (non-hydrogen) atoms. The van der Waals surface area contributed by atoms with E-state index in [2.05, 4.69) is 15.9 Å². The molecule has 2 aromatic carbocycles. The Kier molecular flexibility index (Phi) is 4.84. The van der Waals surface area contributed by atoms with Crippen LogP contribution in [0.1, 0.15) is 36.6 Å². The quantitative estimate of drug-likeness (QED) is 0.883. The highest BCUT2D eigenvalue weighted by atomic mass is 79.9. The van der Waals surface area contributed by atoms with E-state index < -0.39 is 6.10 Å². The smallest absolute Gasteiger partial charge is 0.119 e. The van der Waals surface area contributed by atoms with E-state index in [-0.39, 0.29) is 6.10 Å². The number of hydrogen-bond acceptors (Lipinski definition) is 2. The van der Waals surface area contributed by atoms with Crippen LogP contribution in [0, 0.1) is 6.92 Å². The van der Waals surface area contributed by atoms with Gasteiger partial charge in [-0.1, -0.05) is 34.1 Å². The number of benzene rings is 2. The van der Waals surface area contributed by atoms with Crippen LogP contribution in [0.4, 0.5) is 0 Å². The van der Waals surface area contributed by atoms with Crippen LogP contribution in [0.2, 0.25) is 0 Å². The number of ether oxygens (including phenoxy) is 1. The van der Waals surface area contributed by atoms with Crippen molar-refractivity contribution in [1.82, 2.24) is 0 Å². The van der Waals surface area contributed by atoms with E-state index >= 15 is 0 Å². The first kappa shape index (κ1) is 15.1. The lowest BCUT2D eigenvalue weighted by molar-refractivity contribution is 0.218. The van der Waals surface area contributed by atoms with Gasteiger partial charge in [-0.15, -0.1) is 0 Å². The van der Waals surface area contributed by atoms with Crippen LogP contribution in [0.15, 0.2) is 46.9 Å². The van der Waals surface area contributed by atoms with Crippen LogP contribution in [0.5, 0.6) is 5.75 Å². The summed E-state index contributed by atoms with van der Waals surface area (Å²) in [4.78, 5) is 0. The minimum absolute atomic E-state index is 0.152. The van der Waals surface area contributed by atoms with Gasteiger partial charge in [0.25, 0.3) is 0 Å². The SMILES string of the molecule is Cc1cc(Br)ccc1C(O)c1ccc(OC(C)C)cc1. The molecule has 0 saturated heterocycles. The molecule has 0 fully saturated rings. The molecule has 0 amide bonds. The number of hydrogen-bond donors (Lipinski definition) is 1. The predicted molar refractivity (Wildman–Crippen MR) is 85.1 cm³/mol. The third kappa shape index (κ3) is 3.62. The summed E-state index contributed by atoms with van der Waals surface area (Å²) in [6.45, 7) is 5.99. The van der Waals surface area contributed by atoms with Crippen molar-refractivity contribution in [3.05, 3.63) is 63.6 Å². The summed E-state index contributed by atoms with van der Waals surface area (Å²) in [5.74, 6) is 0.823. The number of rotatable bonds is 4. The lowest BCUT2D eigenvalue weighted by Gasteiger charge is -2.16. The molecule has 0 aliphatic heterocycles. The molecule has 0 aliphatic carbocycles. The van der Waals surface area contributed by atoms with E-state index in [1.807, 2.05) is 63.2 Å². The highest BCUT2D eigenvalue weighted by Crippen LogP contribution is 2.28. The van der Waals surface area contributed by atoms with Crippen molar-refractivity contribution < 1.29 is 9.84 Å². The van der Waals surface area contributed by atoms with Crippen LogP contribution in [-0.2, 0) is 0 Å². The van der Waals surface area contributed by atoms with E-state index in [0.29, 0.717) is 0 Å². The molecule has 1 N–H and O–H groups in total. The molecular weight excluding hydrogens is 316 g/mol. The largest absolute Gasteiger partial charge is 0.491 e.